The first-order chi connectivity index (χ1) is 9.68. The average Bonchev–Trinajstić information content (AvgIpc) is 2.36. The van der Waals surface area contributed by atoms with E-state index in [0.29, 0.717) is 28.5 Å². The van der Waals surface area contributed by atoms with Crippen LogP contribution in [0.2, 0.25) is 0 Å². The lowest BCUT2D eigenvalue weighted by atomic mass is 10.0. The minimum absolute atomic E-state index is 0.0852. The highest BCUT2D eigenvalue weighted by Gasteiger charge is 2.30. The molecular weight excluding hydrogens is 279 g/mol. The smallest absolute Gasteiger partial charge is 0.384 e. The molecule has 2 rings (SSSR count). The number of hydrogen-bond acceptors (Lipinski definition) is 3. The summed E-state index contributed by atoms with van der Waals surface area (Å²) in [5.41, 5.74) is 6.74. The number of alkyl halides is 3. The van der Waals surface area contributed by atoms with Gasteiger partial charge >= 0.3 is 6.18 Å². The summed E-state index contributed by atoms with van der Waals surface area (Å²) >= 11 is 0. The van der Waals surface area contributed by atoms with E-state index in [0.717, 1.165) is 12.1 Å². The second kappa shape index (κ2) is 5.35. The average molecular weight is 295 g/mol. The highest BCUT2D eigenvalue weighted by molar-refractivity contribution is 5.66. The van der Waals surface area contributed by atoms with Gasteiger partial charge in [0.1, 0.15) is 11.6 Å². The maximum atomic E-state index is 12.7. The molecule has 0 radical (unpaired) electrons. The molecule has 1 aromatic carbocycles. The number of halogens is 3. The fraction of sp³-hybridized carbons (Fsp3) is 0.333. The van der Waals surface area contributed by atoms with E-state index < -0.39 is 11.7 Å². The fourth-order valence-electron chi connectivity index (χ4n) is 2.01. The molecule has 21 heavy (non-hydrogen) atoms. The number of aromatic nitrogens is 2. The maximum absolute atomic E-state index is 12.7. The van der Waals surface area contributed by atoms with E-state index in [1.165, 1.54) is 6.07 Å². The highest BCUT2D eigenvalue weighted by atomic mass is 19.4. The summed E-state index contributed by atoms with van der Waals surface area (Å²) < 4.78 is 38.1. The first-order valence-electron chi connectivity index (χ1n) is 6.51. The van der Waals surface area contributed by atoms with Crippen LogP contribution in [0.3, 0.4) is 0 Å². The van der Waals surface area contributed by atoms with Crippen molar-refractivity contribution in [2.75, 3.05) is 5.73 Å². The summed E-state index contributed by atoms with van der Waals surface area (Å²) in [6, 6.07) is 5.16. The van der Waals surface area contributed by atoms with Gasteiger partial charge in [0.05, 0.1) is 11.3 Å². The van der Waals surface area contributed by atoms with Crippen molar-refractivity contribution < 1.29 is 13.2 Å². The number of nitrogen functional groups attached to an aromatic ring is 1. The molecule has 2 aromatic rings. The fourth-order valence-corrected chi connectivity index (χ4v) is 2.01. The number of benzene rings is 1. The van der Waals surface area contributed by atoms with Gasteiger partial charge in [-0.25, -0.2) is 9.97 Å². The Morgan fingerprint density at radius 3 is 2.29 bits per heavy atom. The van der Waals surface area contributed by atoms with Crippen molar-refractivity contribution >= 4 is 5.82 Å². The summed E-state index contributed by atoms with van der Waals surface area (Å²) in [5.74, 6) is 0.967. The molecule has 0 unspecified atom stereocenters. The Labute approximate surface area is 121 Å². The summed E-state index contributed by atoms with van der Waals surface area (Å²) in [5, 5.41) is 0. The molecule has 0 saturated heterocycles. The summed E-state index contributed by atoms with van der Waals surface area (Å²) in [6.07, 6.45) is -4.35. The minimum Gasteiger partial charge on any atom is -0.384 e. The molecule has 0 fully saturated rings. The number of aryl methyl sites for hydroxylation is 1. The quantitative estimate of drug-likeness (QED) is 0.904. The second-order valence-electron chi connectivity index (χ2n) is 5.22. The Balaban J connectivity index is 2.52. The zero-order valence-corrected chi connectivity index (χ0v) is 12.0. The SMILES string of the molecule is Cc1cc(C(F)(F)F)ccc1-c1cc(N)nc(C(C)C)n1. The zero-order chi connectivity index (χ0) is 15.8. The molecule has 3 nitrogen and oxygen atoms in total. The summed E-state index contributed by atoms with van der Waals surface area (Å²) in [6.45, 7) is 5.48. The highest BCUT2D eigenvalue weighted by Crippen LogP contribution is 2.33. The van der Waals surface area contributed by atoms with Crippen molar-refractivity contribution in [3.8, 4) is 11.3 Å². The maximum Gasteiger partial charge on any atom is 0.416 e. The minimum atomic E-state index is -4.35. The van der Waals surface area contributed by atoms with Crippen LogP contribution < -0.4 is 5.73 Å². The van der Waals surface area contributed by atoms with E-state index in [9.17, 15) is 13.2 Å². The molecule has 1 heterocycles. The van der Waals surface area contributed by atoms with Gasteiger partial charge in [-0.3, -0.25) is 0 Å². The van der Waals surface area contributed by atoms with Crippen LogP contribution in [-0.2, 0) is 6.18 Å². The van der Waals surface area contributed by atoms with E-state index >= 15 is 0 Å². The van der Waals surface area contributed by atoms with E-state index in [1.807, 2.05) is 13.8 Å². The molecule has 0 spiro atoms. The number of anilines is 1. The third-order valence-corrected chi connectivity index (χ3v) is 3.11. The van der Waals surface area contributed by atoms with Crippen LogP contribution in [0, 0.1) is 6.92 Å². The third-order valence-electron chi connectivity index (χ3n) is 3.11. The first-order valence-corrected chi connectivity index (χ1v) is 6.51. The van der Waals surface area contributed by atoms with Crippen molar-refractivity contribution in [1.82, 2.24) is 9.97 Å². The molecule has 0 amide bonds. The molecule has 112 valence electrons. The van der Waals surface area contributed by atoms with E-state index in [4.69, 9.17) is 5.73 Å². The summed E-state index contributed by atoms with van der Waals surface area (Å²) in [4.78, 5) is 8.52. The Morgan fingerprint density at radius 2 is 1.76 bits per heavy atom. The van der Waals surface area contributed by atoms with Gasteiger partial charge in [-0.2, -0.15) is 13.2 Å². The van der Waals surface area contributed by atoms with Crippen molar-refractivity contribution in [1.29, 1.82) is 0 Å². The van der Waals surface area contributed by atoms with Crippen molar-refractivity contribution in [2.24, 2.45) is 0 Å². The van der Waals surface area contributed by atoms with Crippen LogP contribution in [0.1, 0.15) is 36.7 Å². The lowest BCUT2D eigenvalue weighted by molar-refractivity contribution is -0.137. The molecule has 0 aliphatic rings. The number of hydrogen-bond donors (Lipinski definition) is 1. The lowest BCUT2D eigenvalue weighted by Gasteiger charge is -2.12. The van der Waals surface area contributed by atoms with Crippen LogP contribution in [0.5, 0.6) is 0 Å². The molecule has 0 aliphatic carbocycles. The Kier molecular flexibility index (Phi) is 3.89. The van der Waals surface area contributed by atoms with Gasteiger partial charge in [-0.1, -0.05) is 19.9 Å². The largest absolute Gasteiger partial charge is 0.416 e. The molecule has 0 bridgehead atoms. The predicted octanol–water partition coefficient (Wildman–Crippen LogP) is 4.18. The molecule has 0 atom stereocenters. The van der Waals surface area contributed by atoms with Crippen LogP contribution >= 0.6 is 0 Å². The third kappa shape index (κ3) is 3.32. The number of nitrogens with two attached hydrogens (primary N) is 1. The van der Waals surface area contributed by atoms with Gasteiger partial charge in [0.15, 0.2) is 0 Å². The Hall–Kier alpha value is -2.11. The molecule has 0 aliphatic heterocycles. The Morgan fingerprint density at radius 1 is 1.10 bits per heavy atom. The predicted molar refractivity (Wildman–Crippen MR) is 75.7 cm³/mol. The molecule has 2 N–H and O–H groups in total. The standard InChI is InChI=1S/C15H16F3N3/c1-8(2)14-20-12(7-13(19)21-14)11-5-4-10(6-9(11)3)15(16,17)18/h4-8H,1-3H3,(H2,19,20,21). The van der Waals surface area contributed by atoms with Gasteiger partial charge < -0.3 is 5.73 Å². The van der Waals surface area contributed by atoms with Crippen molar-refractivity contribution in [2.45, 2.75) is 32.9 Å². The van der Waals surface area contributed by atoms with Crippen LogP contribution in [0.4, 0.5) is 19.0 Å². The van der Waals surface area contributed by atoms with E-state index in [1.54, 1.807) is 13.0 Å². The molecule has 1 aromatic heterocycles. The van der Waals surface area contributed by atoms with E-state index in [-0.39, 0.29) is 5.92 Å². The molecule has 0 saturated carbocycles. The van der Waals surface area contributed by atoms with Gasteiger partial charge in [-0.15, -0.1) is 0 Å². The number of nitrogens with zero attached hydrogens (tertiary/aromatic N) is 2. The van der Waals surface area contributed by atoms with Crippen LogP contribution in [0.25, 0.3) is 11.3 Å². The zero-order valence-electron chi connectivity index (χ0n) is 12.0. The number of rotatable bonds is 2. The lowest BCUT2D eigenvalue weighted by Crippen LogP contribution is -2.06. The van der Waals surface area contributed by atoms with Crippen LogP contribution in [-0.4, -0.2) is 9.97 Å². The van der Waals surface area contributed by atoms with Gasteiger partial charge in [0.2, 0.25) is 0 Å². The van der Waals surface area contributed by atoms with Crippen molar-refractivity contribution in [3.63, 3.8) is 0 Å². The molecular formula is C15H16F3N3. The van der Waals surface area contributed by atoms with E-state index in [2.05, 4.69) is 9.97 Å². The normalized spacial score (nSPS) is 12.0. The Bertz CT molecular complexity index is 664. The first kappa shape index (κ1) is 15.3. The second-order valence-corrected chi connectivity index (χ2v) is 5.22. The summed E-state index contributed by atoms with van der Waals surface area (Å²) in [7, 11) is 0. The van der Waals surface area contributed by atoms with Crippen molar-refractivity contribution in [3.05, 3.63) is 41.2 Å². The van der Waals surface area contributed by atoms with Gasteiger partial charge in [-0.05, 0) is 24.6 Å². The van der Waals surface area contributed by atoms with Gasteiger partial charge in [0, 0.05) is 17.5 Å². The van der Waals surface area contributed by atoms with Gasteiger partial charge in [0.25, 0.3) is 0 Å². The topological polar surface area (TPSA) is 51.8 Å². The van der Waals surface area contributed by atoms with Crippen LogP contribution in [0.15, 0.2) is 24.3 Å². The molecule has 6 heteroatoms. The monoisotopic (exact) mass is 295 g/mol.